The van der Waals surface area contributed by atoms with Gasteiger partial charge in [-0.05, 0) is 37.9 Å². The molecule has 1 saturated heterocycles. The summed E-state index contributed by atoms with van der Waals surface area (Å²) < 4.78 is 0. The van der Waals surface area contributed by atoms with Gasteiger partial charge in [-0.1, -0.05) is 43.7 Å². The van der Waals surface area contributed by atoms with Crippen molar-refractivity contribution in [3.05, 3.63) is 35.9 Å². The van der Waals surface area contributed by atoms with Crippen LogP contribution in [0.15, 0.2) is 30.3 Å². The zero-order chi connectivity index (χ0) is 10.5. The van der Waals surface area contributed by atoms with Gasteiger partial charge in [-0.15, -0.1) is 0 Å². The maximum atomic E-state index is 2.65. The van der Waals surface area contributed by atoms with E-state index in [1.54, 1.807) is 0 Å². The van der Waals surface area contributed by atoms with Crippen molar-refractivity contribution in [2.75, 3.05) is 13.1 Å². The number of nitrogens with zero attached hydrogens (tertiary/aromatic N) is 1. The molecule has 0 aliphatic carbocycles. The lowest BCUT2D eigenvalue weighted by Crippen LogP contribution is -2.33. The third-order valence-corrected chi connectivity index (χ3v) is 3.40. The molecule has 0 radical (unpaired) electrons. The minimum atomic E-state index is 0.645. The van der Waals surface area contributed by atoms with E-state index in [0.717, 1.165) is 0 Å². The van der Waals surface area contributed by atoms with E-state index in [4.69, 9.17) is 0 Å². The summed E-state index contributed by atoms with van der Waals surface area (Å²) in [5.41, 5.74) is 1.49. The van der Waals surface area contributed by atoms with Crippen molar-refractivity contribution in [1.29, 1.82) is 0 Å². The maximum absolute atomic E-state index is 2.65. The van der Waals surface area contributed by atoms with Crippen LogP contribution in [0.3, 0.4) is 0 Å². The summed E-state index contributed by atoms with van der Waals surface area (Å²) >= 11 is 0. The first kappa shape index (κ1) is 10.7. The average Bonchev–Trinajstić information content (AvgIpc) is 2.33. The lowest BCUT2D eigenvalue weighted by Gasteiger charge is -2.34. The Morgan fingerprint density at radius 3 is 2.33 bits per heavy atom. The maximum Gasteiger partial charge on any atom is 0.0345 e. The Morgan fingerprint density at radius 2 is 1.73 bits per heavy atom. The molecule has 1 aromatic carbocycles. The van der Waals surface area contributed by atoms with Crippen LogP contribution in [-0.4, -0.2) is 18.0 Å². The number of hydrogen-bond donors (Lipinski definition) is 0. The van der Waals surface area contributed by atoms with Crippen LogP contribution in [0.1, 0.15) is 44.2 Å². The first-order valence-corrected chi connectivity index (χ1v) is 6.21. The van der Waals surface area contributed by atoms with Gasteiger partial charge in [0.15, 0.2) is 0 Å². The van der Waals surface area contributed by atoms with E-state index in [0.29, 0.717) is 6.04 Å². The van der Waals surface area contributed by atoms with E-state index >= 15 is 0 Å². The second kappa shape index (κ2) is 5.32. The van der Waals surface area contributed by atoms with Crippen molar-refractivity contribution >= 4 is 0 Å². The molecule has 15 heavy (non-hydrogen) atoms. The fraction of sp³-hybridized carbons (Fsp3) is 0.571. The molecule has 0 unspecified atom stereocenters. The van der Waals surface area contributed by atoms with Crippen LogP contribution >= 0.6 is 0 Å². The van der Waals surface area contributed by atoms with E-state index in [9.17, 15) is 0 Å². The molecule has 0 aromatic heterocycles. The summed E-state index contributed by atoms with van der Waals surface area (Å²) in [7, 11) is 0. The molecule has 1 aliphatic heterocycles. The highest BCUT2D eigenvalue weighted by Gasteiger charge is 2.19. The number of rotatable bonds is 3. The number of benzene rings is 1. The molecule has 1 atom stereocenters. The van der Waals surface area contributed by atoms with Crippen LogP contribution in [0.4, 0.5) is 0 Å². The summed E-state index contributed by atoms with van der Waals surface area (Å²) in [6, 6.07) is 11.6. The van der Waals surface area contributed by atoms with Crippen LogP contribution < -0.4 is 0 Å². The normalized spacial score (nSPS) is 20.1. The highest BCUT2D eigenvalue weighted by Crippen LogP contribution is 2.26. The Morgan fingerprint density at radius 1 is 1.07 bits per heavy atom. The quantitative estimate of drug-likeness (QED) is 0.725. The Bertz CT molecular complexity index is 275. The molecule has 0 N–H and O–H groups in total. The lowest BCUT2D eigenvalue weighted by molar-refractivity contribution is 0.159. The van der Waals surface area contributed by atoms with Gasteiger partial charge in [0.1, 0.15) is 0 Å². The van der Waals surface area contributed by atoms with Gasteiger partial charge >= 0.3 is 0 Å². The first-order chi connectivity index (χ1) is 7.42. The van der Waals surface area contributed by atoms with Gasteiger partial charge in [0.05, 0.1) is 0 Å². The zero-order valence-corrected chi connectivity index (χ0v) is 9.65. The highest BCUT2D eigenvalue weighted by atomic mass is 15.2. The third kappa shape index (κ3) is 2.60. The molecule has 1 heteroatoms. The van der Waals surface area contributed by atoms with Gasteiger partial charge in [0, 0.05) is 6.04 Å². The van der Waals surface area contributed by atoms with E-state index in [-0.39, 0.29) is 0 Å². The average molecular weight is 203 g/mol. The van der Waals surface area contributed by atoms with E-state index in [2.05, 4.69) is 42.2 Å². The minimum Gasteiger partial charge on any atom is -0.296 e. The molecule has 1 heterocycles. The van der Waals surface area contributed by atoms with Crippen LogP contribution in [0.2, 0.25) is 0 Å². The van der Waals surface area contributed by atoms with Crippen molar-refractivity contribution in [3.63, 3.8) is 0 Å². The van der Waals surface area contributed by atoms with Crippen LogP contribution in [0.5, 0.6) is 0 Å². The molecule has 0 saturated carbocycles. The topological polar surface area (TPSA) is 3.24 Å². The molecular weight excluding hydrogens is 182 g/mol. The van der Waals surface area contributed by atoms with Gasteiger partial charge < -0.3 is 0 Å². The van der Waals surface area contributed by atoms with Crippen LogP contribution in [-0.2, 0) is 0 Å². The molecule has 0 spiro atoms. The van der Waals surface area contributed by atoms with E-state index in [1.807, 2.05) is 0 Å². The number of likely N-dealkylation sites (tertiary alicyclic amines) is 1. The fourth-order valence-electron chi connectivity index (χ4n) is 2.61. The zero-order valence-electron chi connectivity index (χ0n) is 9.65. The highest BCUT2D eigenvalue weighted by molar-refractivity contribution is 5.19. The Labute approximate surface area is 93.1 Å². The largest absolute Gasteiger partial charge is 0.296 e. The van der Waals surface area contributed by atoms with Crippen molar-refractivity contribution < 1.29 is 0 Å². The molecule has 0 bridgehead atoms. The minimum absolute atomic E-state index is 0.645. The molecule has 1 aliphatic rings. The SMILES string of the molecule is CC[C@@H](c1ccccc1)N1CCCCC1. The van der Waals surface area contributed by atoms with Crippen LogP contribution in [0, 0.1) is 0 Å². The molecule has 82 valence electrons. The van der Waals surface area contributed by atoms with Crippen molar-refractivity contribution in [2.24, 2.45) is 0 Å². The lowest BCUT2D eigenvalue weighted by atomic mass is 10.00. The fourth-order valence-corrected chi connectivity index (χ4v) is 2.61. The predicted octanol–water partition coefficient (Wildman–Crippen LogP) is 3.62. The summed E-state index contributed by atoms with van der Waals surface area (Å²) in [4.78, 5) is 2.65. The van der Waals surface area contributed by atoms with Crippen LogP contribution in [0.25, 0.3) is 0 Å². The monoisotopic (exact) mass is 203 g/mol. The van der Waals surface area contributed by atoms with E-state index in [1.165, 1.54) is 44.3 Å². The molecular formula is C14H21N. The van der Waals surface area contributed by atoms with Gasteiger partial charge in [-0.2, -0.15) is 0 Å². The number of hydrogen-bond acceptors (Lipinski definition) is 1. The van der Waals surface area contributed by atoms with Gasteiger partial charge in [0.2, 0.25) is 0 Å². The molecule has 1 aromatic rings. The summed E-state index contributed by atoms with van der Waals surface area (Å²) in [6.45, 7) is 4.87. The van der Waals surface area contributed by atoms with E-state index < -0.39 is 0 Å². The predicted molar refractivity (Wildman–Crippen MR) is 64.9 cm³/mol. The van der Waals surface area contributed by atoms with Gasteiger partial charge in [-0.25, -0.2) is 0 Å². The Kier molecular flexibility index (Phi) is 3.79. The first-order valence-electron chi connectivity index (χ1n) is 6.21. The smallest absolute Gasteiger partial charge is 0.0345 e. The second-order valence-corrected chi connectivity index (χ2v) is 4.43. The second-order valence-electron chi connectivity index (χ2n) is 4.43. The summed E-state index contributed by atoms with van der Waals surface area (Å²) in [5.74, 6) is 0. The molecule has 2 rings (SSSR count). The Balaban J connectivity index is 2.09. The van der Waals surface area contributed by atoms with Gasteiger partial charge in [-0.3, -0.25) is 4.90 Å². The molecule has 0 amide bonds. The van der Waals surface area contributed by atoms with Crippen molar-refractivity contribution in [1.82, 2.24) is 4.90 Å². The third-order valence-electron chi connectivity index (χ3n) is 3.40. The molecule has 1 fully saturated rings. The standard InChI is InChI=1S/C14H21N/c1-2-14(13-9-5-3-6-10-13)15-11-7-4-8-12-15/h3,5-6,9-10,14H,2,4,7-8,11-12H2,1H3/t14-/m0/s1. The summed E-state index contributed by atoms with van der Waals surface area (Å²) in [6.07, 6.45) is 5.40. The molecule has 1 nitrogen and oxygen atoms in total. The van der Waals surface area contributed by atoms with Gasteiger partial charge in [0.25, 0.3) is 0 Å². The Hall–Kier alpha value is -0.820. The van der Waals surface area contributed by atoms with Crippen molar-refractivity contribution in [2.45, 2.75) is 38.6 Å². The van der Waals surface area contributed by atoms with Crippen molar-refractivity contribution in [3.8, 4) is 0 Å². The number of piperidine rings is 1. The summed E-state index contributed by atoms with van der Waals surface area (Å²) in [5, 5.41) is 0.